The van der Waals surface area contributed by atoms with Crippen molar-refractivity contribution in [2.45, 2.75) is 65.3 Å². The average Bonchev–Trinajstić information content (AvgIpc) is 2.52. The number of carbonyl (C=O) groups is 1. The summed E-state index contributed by atoms with van der Waals surface area (Å²) in [7, 11) is 0. The second-order valence-corrected chi connectivity index (χ2v) is 6.26. The Balaban J connectivity index is 2.20. The van der Waals surface area contributed by atoms with E-state index >= 15 is 0 Å². The predicted octanol–water partition coefficient (Wildman–Crippen LogP) is 2.85. The van der Waals surface area contributed by atoms with Crippen molar-refractivity contribution in [3.8, 4) is 0 Å². The molecule has 1 aliphatic heterocycles. The zero-order valence-corrected chi connectivity index (χ0v) is 14.7. The van der Waals surface area contributed by atoms with Gasteiger partial charge in [0.25, 0.3) is 0 Å². The first-order chi connectivity index (χ1) is 10.6. The van der Waals surface area contributed by atoms with Crippen molar-refractivity contribution < 1.29 is 14.4 Å². The number of morpholine rings is 1. The van der Waals surface area contributed by atoms with E-state index in [2.05, 4.69) is 11.8 Å². The Morgan fingerprint density at radius 3 is 2.50 bits per heavy atom. The summed E-state index contributed by atoms with van der Waals surface area (Å²) in [5.41, 5.74) is 0. The maximum Gasteiger partial charge on any atom is 0.246 e. The molecule has 22 heavy (non-hydrogen) atoms. The largest absolute Gasteiger partial charge is 0.379 e. The van der Waals surface area contributed by atoms with E-state index in [0.717, 1.165) is 45.7 Å². The highest BCUT2D eigenvalue weighted by Gasteiger charge is 2.18. The molecule has 1 fully saturated rings. The van der Waals surface area contributed by atoms with Crippen molar-refractivity contribution in [3.63, 3.8) is 0 Å². The number of rotatable bonds is 11. The maximum absolute atomic E-state index is 12.3. The number of hydroxylamine groups is 2. The fourth-order valence-electron chi connectivity index (χ4n) is 2.59. The standard InChI is InChI=1S/C17H34N2O3/c1-4-5-6-7-8-9-17(20)19(16(2)3)22-15-12-18-10-13-21-14-11-18/h16H,4-15H2,1-3H3. The van der Waals surface area contributed by atoms with Crippen LogP contribution >= 0.6 is 0 Å². The Labute approximate surface area is 135 Å². The highest BCUT2D eigenvalue weighted by atomic mass is 16.7. The fraction of sp³-hybridized carbons (Fsp3) is 0.941. The van der Waals surface area contributed by atoms with Gasteiger partial charge in [0.05, 0.1) is 25.9 Å². The Morgan fingerprint density at radius 1 is 1.18 bits per heavy atom. The topological polar surface area (TPSA) is 42.0 Å². The fourth-order valence-corrected chi connectivity index (χ4v) is 2.59. The van der Waals surface area contributed by atoms with E-state index in [4.69, 9.17) is 9.57 Å². The van der Waals surface area contributed by atoms with Crippen molar-refractivity contribution in [1.29, 1.82) is 0 Å². The van der Waals surface area contributed by atoms with Crippen molar-refractivity contribution in [2.75, 3.05) is 39.5 Å². The van der Waals surface area contributed by atoms with E-state index in [1.807, 2.05) is 13.8 Å². The van der Waals surface area contributed by atoms with Crippen LogP contribution in [-0.2, 0) is 14.4 Å². The molecule has 0 aromatic rings. The zero-order valence-electron chi connectivity index (χ0n) is 14.7. The molecule has 0 aromatic carbocycles. The van der Waals surface area contributed by atoms with Gasteiger partial charge in [-0.1, -0.05) is 32.6 Å². The highest BCUT2D eigenvalue weighted by molar-refractivity contribution is 5.75. The summed E-state index contributed by atoms with van der Waals surface area (Å²) in [5.74, 6) is 0.119. The number of hydrogen-bond donors (Lipinski definition) is 0. The summed E-state index contributed by atoms with van der Waals surface area (Å²) in [6.45, 7) is 11.1. The van der Waals surface area contributed by atoms with Gasteiger partial charge in [-0.25, -0.2) is 5.06 Å². The Bertz CT molecular complexity index is 292. The van der Waals surface area contributed by atoms with Crippen LogP contribution in [0.15, 0.2) is 0 Å². The van der Waals surface area contributed by atoms with Gasteiger partial charge in [0, 0.05) is 26.1 Å². The zero-order chi connectivity index (χ0) is 16.2. The minimum absolute atomic E-state index is 0.0906. The summed E-state index contributed by atoms with van der Waals surface area (Å²) in [6.07, 6.45) is 6.42. The summed E-state index contributed by atoms with van der Waals surface area (Å²) in [4.78, 5) is 20.3. The quantitative estimate of drug-likeness (QED) is 0.434. The molecule has 0 radical (unpaired) electrons. The van der Waals surface area contributed by atoms with Crippen LogP contribution in [0.25, 0.3) is 0 Å². The summed E-state index contributed by atoms with van der Waals surface area (Å²) in [6, 6.07) is 0.0906. The monoisotopic (exact) mass is 314 g/mol. The molecular weight excluding hydrogens is 280 g/mol. The minimum Gasteiger partial charge on any atom is -0.379 e. The van der Waals surface area contributed by atoms with Gasteiger partial charge in [0.15, 0.2) is 0 Å². The second kappa shape index (κ2) is 11.9. The molecule has 1 aliphatic rings. The third kappa shape index (κ3) is 8.11. The van der Waals surface area contributed by atoms with E-state index in [1.165, 1.54) is 19.3 Å². The van der Waals surface area contributed by atoms with Gasteiger partial charge in [0.1, 0.15) is 0 Å². The smallest absolute Gasteiger partial charge is 0.246 e. The molecule has 0 saturated carbocycles. The Morgan fingerprint density at radius 2 is 1.86 bits per heavy atom. The lowest BCUT2D eigenvalue weighted by molar-refractivity contribution is -0.198. The van der Waals surface area contributed by atoms with Gasteiger partial charge in [0.2, 0.25) is 5.91 Å². The predicted molar refractivity (Wildman–Crippen MR) is 88.6 cm³/mol. The Hall–Kier alpha value is -0.650. The number of unbranched alkanes of at least 4 members (excludes halogenated alkanes) is 4. The van der Waals surface area contributed by atoms with Crippen LogP contribution < -0.4 is 0 Å². The first-order valence-corrected chi connectivity index (χ1v) is 8.90. The molecule has 0 aliphatic carbocycles. The van der Waals surface area contributed by atoms with Gasteiger partial charge in [-0.2, -0.15) is 0 Å². The van der Waals surface area contributed by atoms with E-state index in [0.29, 0.717) is 13.0 Å². The number of amides is 1. The van der Waals surface area contributed by atoms with E-state index in [9.17, 15) is 4.79 Å². The second-order valence-electron chi connectivity index (χ2n) is 6.26. The van der Waals surface area contributed by atoms with Crippen molar-refractivity contribution in [1.82, 2.24) is 9.96 Å². The van der Waals surface area contributed by atoms with Gasteiger partial charge in [-0.15, -0.1) is 0 Å². The van der Waals surface area contributed by atoms with Crippen LogP contribution in [0.1, 0.15) is 59.3 Å². The number of ether oxygens (including phenoxy) is 1. The number of hydrogen-bond acceptors (Lipinski definition) is 4. The number of nitrogens with zero attached hydrogens (tertiary/aromatic N) is 2. The molecule has 0 bridgehead atoms. The van der Waals surface area contributed by atoms with Gasteiger partial charge in [-0.05, 0) is 20.3 Å². The van der Waals surface area contributed by atoms with Crippen LogP contribution in [-0.4, -0.2) is 61.4 Å². The summed E-state index contributed by atoms with van der Waals surface area (Å²) >= 11 is 0. The third-order valence-corrected chi connectivity index (χ3v) is 3.95. The lowest BCUT2D eigenvalue weighted by atomic mass is 10.1. The summed E-state index contributed by atoms with van der Waals surface area (Å²) in [5, 5.41) is 1.57. The molecule has 1 rings (SSSR count). The molecule has 0 aromatic heterocycles. The van der Waals surface area contributed by atoms with Gasteiger partial charge >= 0.3 is 0 Å². The maximum atomic E-state index is 12.3. The van der Waals surface area contributed by atoms with Crippen molar-refractivity contribution in [3.05, 3.63) is 0 Å². The van der Waals surface area contributed by atoms with Crippen molar-refractivity contribution >= 4 is 5.91 Å². The normalized spacial score (nSPS) is 16.2. The molecule has 130 valence electrons. The lowest BCUT2D eigenvalue weighted by Crippen LogP contribution is -2.42. The lowest BCUT2D eigenvalue weighted by Gasteiger charge is -2.29. The van der Waals surface area contributed by atoms with Crippen LogP contribution in [0.5, 0.6) is 0 Å². The molecule has 0 spiro atoms. The molecule has 0 atom stereocenters. The van der Waals surface area contributed by atoms with E-state index in [-0.39, 0.29) is 11.9 Å². The minimum atomic E-state index is 0.0906. The molecule has 1 saturated heterocycles. The molecular formula is C17H34N2O3. The average molecular weight is 314 g/mol. The first-order valence-electron chi connectivity index (χ1n) is 8.90. The van der Waals surface area contributed by atoms with Gasteiger partial charge in [-0.3, -0.25) is 14.5 Å². The third-order valence-electron chi connectivity index (χ3n) is 3.95. The van der Waals surface area contributed by atoms with Crippen LogP contribution in [0.3, 0.4) is 0 Å². The number of carbonyl (C=O) groups excluding carboxylic acids is 1. The van der Waals surface area contributed by atoms with Crippen LogP contribution in [0.2, 0.25) is 0 Å². The summed E-state index contributed by atoms with van der Waals surface area (Å²) < 4.78 is 5.33. The highest BCUT2D eigenvalue weighted by Crippen LogP contribution is 2.10. The molecule has 0 unspecified atom stereocenters. The van der Waals surface area contributed by atoms with E-state index in [1.54, 1.807) is 5.06 Å². The molecule has 1 amide bonds. The van der Waals surface area contributed by atoms with E-state index < -0.39 is 0 Å². The van der Waals surface area contributed by atoms with Gasteiger partial charge < -0.3 is 4.74 Å². The van der Waals surface area contributed by atoms with Crippen LogP contribution in [0.4, 0.5) is 0 Å². The molecule has 5 heteroatoms. The van der Waals surface area contributed by atoms with Crippen molar-refractivity contribution in [2.24, 2.45) is 0 Å². The molecule has 0 N–H and O–H groups in total. The molecule has 1 heterocycles. The first kappa shape index (κ1) is 19.4. The molecule has 5 nitrogen and oxygen atoms in total. The van der Waals surface area contributed by atoms with Crippen LogP contribution in [0, 0.1) is 0 Å². The SMILES string of the molecule is CCCCCCCC(=O)N(OCCN1CCOCC1)C(C)C. The Kier molecular flexibility index (Phi) is 10.5.